The molecule has 1 unspecified atom stereocenters. The molecule has 0 saturated carbocycles. The standard InChI is InChI=1S/C55H62F2N12O5S/c1-31(2)50(55(73)67-27-40(71)22-49(67)54(72)60-32(3)35-8-10-36(11-9-35)51-33(4)59-30-75-51)68-26-38(61-63-68)25-65-28-44(43-24-58-16-12-46(43)65)41-21-37-7-6-17-66(48(37)23-42(41)52(56)57)53-45-29-64(34(5)70)18-13-47(45)69(62-53)39-14-19-74-20-15-39/h8-12,16,21,23-24,26,28,30-32,39-40,49-50,52,71H,6-7,13-15,17-20,22,25,27,29H2,1-5H3,(H,60,72)/t32-,40+,49-,50?/m0/s1. The van der Waals surface area contributed by atoms with Crippen molar-refractivity contribution in [3.8, 4) is 21.6 Å². The number of thiazole rings is 1. The molecule has 0 spiro atoms. The first-order valence-electron chi connectivity index (χ1n) is 26.0. The highest BCUT2D eigenvalue weighted by atomic mass is 32.1. The van der Waals surface area contributed by atoms with E-state index in [9.17, 15) is 19.5 Å². The van der Waals surface area contributed by atoms with Crippen LogP contribution in [-0.4, -0.2) is 117 Å². The highest BCUT2D eigenvalue weighted by Crippen LogP contribution is 2.45. The van der Waals surface area contributed by atoms with Gasteiger partial charge in [0, 0.05) is 105 Å². The fourth-order valence-electron chi connectivity index (χ4n) is 11.7. The average molecular weight is 1040 g/mol. The molecule has 0 bridgehead atoms. The third kappa shape index (κ3) is 9.60. The van der Waals surface area contributed by atoms with Gasteiger partial charge < -0.3 is 34.4 Å². The molecule has 2 fully saturated rings. The van der Waals surface area contributed by atoms with E-state index >= 15 is 8.78 Å². The summed E-state index contributed by atoms with van der Waals surface area (Å²) in [5, 5.41) is 28.9. The minimum absolute atomic E-state index is 0.00465. The quantitative estimate of drug-likeness (QED) is 0.113. The normalized spacial score (nSPS) is 19.0. The van der Waals surface area contributed by atoms with Gasteiger partial charge in [-0.3, -0.25) is 24.0 Å². The Morgan fingerprint density at radius 2 is 1.80 bits per heavy atom. The van der Waals surface area contributed by atoms with Gasteiger partial charge in [-0.05, 0) is 85.9 Å². The molecule has 4 aliphatic heterocycles. The molecule has 2 aromatic carbocycles. The second kappa shape index (κ2) is 20.7. The predicted molar refractivity (Wildman–Crippen MR) is 280 cm³/mol. The van der Waals surface area contributed by atoms with Crippen LogP contribution in [0.3, 0.4) is 0 Å². The molecule has 3 amide bonds. The van der Waals surface area contributed by atoms with Crippen molar-refractivity contribution in [2.24, 2.45) is 5.92 Å². The fraction of sp³-hybridized carbons (Fsp3) is 0.455. The zero-order chi connectivity index (χ0) is 52.2. The number of nitrogens with one attached hydrogen (secondary N) is 1. The Labute approximate surface area is 437 Å². The van der Waals surface area contributed by atoms with E-state index in [1.807, 2.05) is 85.3 Å². The van der Waals surface area contributed by atoms with Crippen molar-refractivity contribution in [2.45, 2.75) is 123 Å². The zero-order valence-electron chi connectivity index (χ0n) is 42.8. The molecule has 9 heterocycles. The van der Waals surface area contributed by atoms with Crippen LogP contribution in [0.4, 0.5) is 20.3 Å². The van der Waals surface area contributed by atoms with Gasteiger partial charge in [-0.2, -0.15) is 5.10 Å². The number of alkyl halides is 2. The molecule has 4 atom stereocenters. The first-order chi connectivity index (χ1) is 36.2. The molecular formula is C55H62F2N12O5S. The monoisotopic (exact) mass is 1040 g/mol. The number of aryl methyl sites for hydroxylation is 2. The van der Waals surface area contributed by atoms with E-state index in [0.717, 1.165) is 69.1 Å². The molecule has 11 rings (SSSR count). The molecule has 4 aliphatic rings. The number of hydrogen-bond acceptors (Lipinski definition) is 12. The van der Waals surface area contributed by atoms with Crippen molar-refractivity contribution in [3.63, 3.8) is 0 Å². The summed E-state index contributed by atoms with van der Waals surface area (Å²) in [6.07, 6.45) is 7.14. The van der Waals surface area contributed by atoms with E-state index in [-0.39, 0.29) is 60.8 Å². The number of ether oxygens (including phenoxy) is 1. The number of carbonyl (C=O) groups is 3. The zero-order valence-corrected chi connectivity index (χ0v) is 43.6. The maximum atomic E-state index is 15.6. The predicted octanol–water partition coefficient (Wildman–Crippen LogP) is 8.29. The van der Waals surface area contributed by atoms with Crippen molar-refractivity contribution in [2.75, 3.05) is 37.7 Å². The SMILES string of the molecule is CC(=O)N1CCc2c(c(N3CCCc4cc(-c5cn(Cc6cn(C(C(=O)N7C[C@H](O)C[C@H]7C(=O)N[C@@H](C)c7ccc(-c8scnc8C)cc7)C(C)C)nn6)c6ccncc56)c(C(F)F)cc43)nn2C2CCOCC2)C1. The lowest BCUT2D eigenvalue weighted by Gasteiger charge is -2.33. The Bertz CT molecular complexity index is 3270. The number of hydrogen-bond donors (Lipinski definition) is 2. The van der Waals surface area contributed by atoms with Crippen LogP contribution < -0.4 is 10.2 Å². The molecule has 5 aromatic heterocycles. The second-order valence-corrected chi connectivity index (χ2v) is 21.7. The number of aromatic nitrogens is 8. The van der Waals surface area contributed by atoms with E-state index in [4.69, 9.17) is 9.84 Å². The highest BCUT2D eigenvalue weighted by Gasteiger charge is 2.43. The molecule has 392 valence electrons. The topological polar surface area (TPSA) is 182 Å². The summed E-state index contributed by atoms with van der Waals surface area (Å²) < 4.78 is 42.5. The van der Waals surface area contributed by atoms with Crippen LogP contribution >= 0.6 is 11.3 Å². The minimum Gasteiger partial charge on any atom is -0.391 e. The summed E-state index contributed by atoms with van der Waals surface area (Å²) in [7, 11) is 0. The lowest BCUT2D eigenvalue weighted by Crippen LogP contribution is -2.49. The number of pyridine rings is 1. The molecule has 0 aliphatic carbocycles. The van der Waals surface area contributed by atoms with Gasteiger partial charge in [0.25, 0.3) is 6.43 Å². The number of halogens is 2. The Morgan fingerprint density at radius 3 is 2.53 bits per heavy atom. The number of amides is 3. The molecule has 2 saturated heterocycles. The van der Waals surface area contributed by atoms with Crippen molar-refractivity contribution < 1.29 is 33.0 Å². The van der Waals surface area contributed by atoms with Crippen LogP contribution in [0.5, 0.6) is 0 Å². The van der Waals surface area contributed by atoms with E-state index in [1.165, 1.54) is 9.58 Å². The van der Waals surface area contributed by atoms with Crippen LogP contribution in [0.2, 0.25) is 0 Å². The molecule has 0 radical (unpaired) electrons. The summed E-state index contributed by atoms with van der Waals surface area (Å²) in [4.78, 5) is 56.5. The minimum atomic E-state index is -2.81. The van der Waals surface area contributed by atoms with Crippen molar-refractivity contribution >= 4 is 51.5 Å². The van der Waals surface area contributed by atoms with Gasteiger partial charge in [-0.25, -0.2) is 18.4 Å². The highest BCUT2D eigenvalue weighted by molar-refractivity contribution is 7.13. The number of aliphatic hydroxyl groups excluding tert-OH is 1. The van der Waals surface area contributed by atoms with Crippen molar-refractivity contribution in [1.82, 2.24) is 54.4 Å². The average Bonchev–Trinajstić information content (AvgIpc) is 4.27. The number of likely N-dealkylation sites (tertiary alicyclic amines) is 1. The van der Waals surface area contributed by atoms with Crippen LogP contribution in [0.1, 0.15) is 117 Å². The summed E-state index contributed by atoms with van der Waals surface area (Å²) >= 11 is 1.57. The first kappa shape index (κ1) is 50.3. The molecule has 7 aromatic rings. The molecule has 17 nitrogen and oxygen atoms in total. The Kier molecular flexibility index (Phi) is 13.9. The van der Waals surface area contributed by atoms with Crippen LogP contribution in [0, 0.1) is 12.8 Å². The van der Waals surface area contributed by atoms with Gasteiger partial charge in [-0.15, -0.1) is 16.4 Å². The largest absolute Gasteiger partial charge is 0.391 e. The smallest absolute Gasteiger partial charge is 0.264 e. The molecular weight excluding hydrogens is 979 g/mol. The maximum Gasteiger partial charge on any atom is 0.264 e. The Morgan fingerprint density at radius 1 is 1.00 bits per heavy atom. The van der Waals surface area contributed by atoms with Gasteiger partial charge in [0.1, 0.15) is 17.8 Å². The summed E-state index contributed by atoms with van der Waals surface area (Å²) in [6, 6.07) is 11.4. The van der Waals surface area contributed by atoms with Crippen molar-refractivity contribution in [3.05, 3.63) is 112 Å². The number of benzene rings is 2. The van der Waals surface area contributed by atoms with Crippen LogP contribution in [0.25, 0.3) is 32.5 Å². The van der Waals surface area contributed by atoms with Gasteiger partial charge in [0.2, 0.25) is 17.7 Å². The van der Waals surface area contributed by atoms with Crippen LogP contribution in [0.15, 0.2) is 72.8 Å². The Hall–Kier alpha value is -6.90. The number of carbonyl (C=O) groups excluding carboxylic acids is 3. The number of β-amino-alcohol motifs (C(OH)–C–C–N with tert-alkyl or cyclic N) is 1. The first-order valence-corrected chi connectivity index (χ1v) is 26.9. The second-order valence-electron chi connectivity index (χ2n) is 20.8. The summed E-state index contributed by atoms with van der Waals surface area (Å²) in [5.74, 6) is -0.267. The van der Waals surface area contributed by atoms with Gasteiger partial charge >= 0.3 is 0 Å². The third-order valence-electron chi connectivity index (χ3n) is 15.6. The van der Waals surface area contributed by atoms with Crippen molar-refractivity contribution in [1.29, 1.82) is 0 Å². The van der Waals surface area contributed by atoms with Crippen LogP contribution in [-0.2, 0) is 45.1 Å². The van der Waals surface area contributed by atoms with E-state index in [1.54, 1.807) is 42.9 Å². The fourth-order valence-corrected chi connectivity index (χ4v) is 12.5. The summed E-state index contributed by atoms with van der Waals surface area (Å²) in [6.45, 7) is 12.4. The molecule has 2 N–H and O–H groups in total. The number of rotatable bonds is 13. The number of anilines is 2. The third-order valence-corrected chi connectivity index (χ3v) is 16.6. The Balaban J connectivity index is 0.850. The number of nitrogens with zero attached hydrogens (tertiary/aromatic N) is 11. The lowest BCUT2D eigenvalue weighted by atomic mass is 9.91. The van der Waals surface area contributed by atoms with E-state index in [0.29, 0.717) is 73.6 Å². The van der Waals surface area contributed by atoms with E-state index in [2.05, 4.69) is 35.2 Å². The van der Waals surface area contributed by atoms with Gasteiger partial charge in [0.15, 0.2) is 5.82 Å². The van der Waals surface area contributed by atoms with E-state index < -0.39 is 24.6 Å². The lowest BCUT2D eigenvalue weighted by molar-refractivity contribution is -0.142. The summed E-state index contributed by atoms with van der Waals surface area (Å²) in [5.41, 5.74) is 10.6. The van der Waals surface area contributed by atoms with Gasteiger partial charge in [0.05, 0.1) is 59.1 Å². The molecule has 75 heavy (non-hydrogen) atoms. The maximum absolute atomic E-state index is 15.6. The van der Waals surface area contributed by atoms with Gasteiger partial charge in [-0.1, -0.05) is 43.3 Å². The molecule has 20 heteroatoms. The number of aliphatic hydroxyl groups is 1. The number of fused-ring (bicyclic) bond motifs is 3.